The summed E-state index contributed by atoms with van der Waals surface area (Å²) in [5, 5.41) is 14.1. The summed E-state index contributed by atoms with van der Waals surface area (Å²) >= 11 is 3.51. The van der Waals surface area contributed by atoms with Crippen molar-refractivity contribution in [1.29, 1.82) is 0 Å². The second kappa shape index (κ2) is 2.81. The summed E-state index contributed by atoms with van der Waals surface area (Å²) < 4.78 is 1.08. The van der Waals surface area contributed by atoms with Gasteiger partial charge < -0.3 is 0 Å². The third kappa shape index (κ3) is 0.983. The second-order valence-corrected chi connectivity index (χ2v) is 4.52. The van der Waals surface area contributed by atoms with Gasteiger partial charge >= 0.3 is 0 Å². The summed E-state index contributed by atoms with van der Waals surface area (Å²) in [5.74, 6) is 0. The summed E-state index contributed by atoms with van der Waals surface area (Å²) in [7, 11) is 0. The zero-order chi connectivity index (χ0) is 9.71. The lowest BCUT2D eigenvalue weighted by molar-refractivity contribution is 0.0951. The average Bonchev–Trinajstić information content (AvgIpc) is 2.52. The van der Waals surface area contributed by atoms with Gasteiger partial charge in [0, 0.05) is 10.9 Å². The molecule has 0 heterocycles. The maximum Gasteiger partial charge on any atom is 0.123 e. The van der Waals surface area contributed by atoms with Crippen LogP contribution in [0.3, 0.4) is 0 Å². The van der Waals surface area contributed by atoms with Crippen LogP contribution in [0.2, 0.25) is 0 Å². The monoisotopic (exact) mass is 247 g/mol. The van der Waals surface area contributed by atoms with Gasteiger partial charge in [0.25, 0.3) is 0 Å². The first-order valence-electron chi connectivity index (χ1n) is 4.63. The van der Waals surface area contributed by atoms with Crippen LogP contribution in [0.1, 0.15) is 17.2 Å². The molecule has 1 nitrogen and oxygen atoms in total. The number of halogens is 1. The van der Waals surface area contributed by atoms with Crippen LogP contribution in [0.15, 0.2) is 34.8 Å². The minimum absolute atomic E-state index is 0.567. The van der Waals surface area contributed by atoms with Crippen molar-refractivity contribution < 1.29 is 5.11 Å². The number of hydrogen-bond acceptors (Lipinski definition) is 0. The largest absolute Gasteiger partial charge is 0.228 e. The first-order chi connectivity index (χ1) is 6.77. The molecule has 1 aliphatic carbocycles. The lowest BCUT2D eigenvalue weighted by Gasteiger charge is -2.03. The van der Waals surface area contributed by atoms with Crippen molar-refractivity contribution in [3.63, 3.8) is 0 Å². The highest BCUT2D eigenvalue weighted by Crippen LogP contribution is 2.39. The fraction of sp³-hybridized carbons (Fsp3) is 0.167. The zero-order valence-corrected chi connectivity index (χ0v) is 9.04. The summed E-state index contributed by atoms with van der Waals surface area (Å²) in [5.41, 5.74) is 2.15. The fourth-order valence-electron chi connectivity index (χ4n) is 2.22. The summed E-state index contributed by atoms with van der Waals surface area (Å²) in [6.07, 6.45) is 0.0753. The van der Waals surface area contributed by atoms with Gasteiger partial charge in [-0.2, -0.15) is 0 Å². The van der Waals surface area contributed by atoms with E-state index in [4.69, 9.17) is 0 Å². The molecule has 0 N–H and O–H groups in total. The Morgan fingerprint density at radius 1 is 1.21 bits per heavy atom. The smallest absolute Gasteiger partial charge is 0.123 e. The molecule has 0 fully saturated rings. The van der Waals surface area contributed by atoms with Gasteiger partial charge in [-0.3, -0.25) is 0 Å². The second-order valence-electron chi connectivity index (χ2n) is 3.67. The molecule has 2 aromatic rings. The van der Waals surface area contributed by atoms with Crippen LogP contribution >= 0.6 is 15.9 Å². The maximum absolute atomic E-state index is 11.7. The third-order valence-corrected chi connectivity index (χ3v) is 3.55. The minimum Gasteiger partial charge on any atom is -0.228 e. The molecule has 1 aliphatic rings. The van der Waals surface area contributed by atoms with Crippen LogP contribution in [-0.2, 0) is 11.5 Å². The Labute approximate surface area is 90.5 Å². The van der Waals surface area contributed by atoms with Crippen LogP contribution in [0.5, 0.6) is 0 Å². The molecule has 0 amide bonds. The van der Waals surface area contributed by atoms with Crippen LogP contribution < -0.4 is 0 Å². The Balaban J connectivity index is 2.52. The number of rotatable bonds is 0. The van der Waals surface area contributed by atoms with E-state index in [1.54, 1.807) is 0 Å². The van der Waals surface area contributed by atoms with Crippen LogP contribution in [0, 0.1) is 0 Å². The van der Waals surface area contributed by atoms with E-state index in [2.05, 4.69) is 22.0 Å². The van der Waals surface area contributed by atoms with Crippen molar-refractivity contribution in [2.45, 2.75) is 12.5 Å². The Bertz CT molecular complexity index is 519. The molecular formula is C12H8BrO. The lowest BCUT2D eigenvalue weighted by Crippen LogP contribution is -1.89. The average molecular weight is 248 g/mol. The molecule has 0 bridgehead atoms. The quantitative estimate of drug-likeness (QED) is 0.678. The van der Waals surface area contributed by atoms with Gasteiger partial charge in [0.05, 0.1) is 0 Å². The van der Waals surface area contributed by atoms with E-state index in [1.165, 1.54) is 16.3 Å². The highest BCUT2D eigenvalue weighted by Gasteiger charge is 2.23. The van der Waals surface area contributed by atoms with E-state index in [-0.39, 0.29) is 0 Å². The molecule has 0 saturated heterocycles. The molecule has 0 aromatic heterocycles. The van der Waals surface area contributed by atoms with Gasteiger partial charge in [-0.15, -0.1) is 0 Å². The van der Waals surface area contributed by atoms with Gasteiger partial charge in [0.15, 0.2) is 0 Å². The van der Waals surface area contributed by atoms with Crippen LogP contribution in [0.25, 0.3) is 10.8 Å². The minimum atomic E-state index is -0.567. The summed E-state index contributed by atoms with van der Waals surface area (Å²) in [4.78, 5) is 0. The molecule has 3 rings (SSSR count). The standard InChI is InChI=1S/C12H8BrO/c13-10-5-4-7-6-11(14)9-3-1-2-8(10)12(7)9/h1-5,11H,6H2. The van der Waals surface area contributed by atoms with Gasteiger partial charge in [-0.05, 0) is 28.0 Å². The lowest BCUT2D eigenvalue weighted by atomic mass is 10.1. The number of benzene rings is 2. The van der Waals surface area contributed by atoms with Crippen molar-refractivity contribution in [2.75, 3.05) is 0 Å². The molecule has 0 saturated carbocycles. The van der Waals surface area contributed by atoms with Crippen molar-refractivity contribution >= 4 is 26.7 Å². The van der Waals surface area contributed by atoms with Gasteiger partial charge in [0.1, 0.15) is 6.10 Å². The van der Waals surface area contributed by atoms with E-state index in [1.807, 2.05) is 24.3 Å². The van der Waals surface area contributed by atoms with Gasteiger partial charge in [0.2, 0.25) is 0 Å². The van der Waals surface area contributed by atoms with Crippen LogP contribution in [-0.4, -0.2) is 0 Å². The van der Waals surface area contributed by atoms with Crippen LogP contribution in [0.4, 0.5) is 0 Å². The summed E-state index contributed by atoms with van der Waals surface area (Å²) in [6, 6.07) is 10.0. The predicted molar refractivity (Wildman–Crippen MR) is 58.8 cm³/mol. The van der Waals surface area contributed by atoms with Gasteiger partial charge in [-0.25, -0.2) is 5.11 Å². The van der Waals surface area contributed by atoms with E-state index < -0.39 is 6.10 Å². The fourth-order valence-corrected chi connectivity index (χ4v) is 2.69. The van der Waals surface area contributed by atoms with Crippen molar-refractivity contribution in [1.82, 2.24) is 0 Å². The highest BCUT2D eigenvalue weighted by molar-refractivity contribution is 9.10. The topological polar surface area (TPSA) is 19.9 Å². The molecule has 1 radical (unpaired) electrons. The zero-order valence-electron chi connectivity index (χ0n) is 7.46. The van der Waals surface area contributed by atoms with E-state index >= 15 is 0 Å². The Hall–Kier alpha value is -0.860. The normalized spacial score (nSPS) is 19.1. The highest BCUT2D eigenvalue weighted by atomic mass is 79.9. The van der Waals surface area contributed by atoms with Gasteiger partial charge in [-0.1, -0.05) is 40.2 Å². The predicted octanol–water partition coefficient (Wildman–Crippen LogP) is 3.63. The van der Waals surface area contributed by atoms with E-state index in [0.717, 1.165) is 10.0 Å². The molecule has 69 valence electrons. The molecule has 0 spiro atoms. The summed E-state index contributed by atoms with van der Waals surface area (Å²) in [6.45, 7) is 0. The Morgan fingerprint density at radius 3 is 2.93 bits per heavy atom. The van der Waals surface area contributed by atoms with Crippen molar-refractivity contribution in [2.24, 2.45) is 0 Å². The van der Waals surface area contributed by atoms with Crippen molar-refractivity contribution in [3.8, 4) is 0 Å². The molecule has 2 heteroatoms. The van der Waals surface area contributed by atoms with Crippen molar-refractivity contribution in [3.05, 3.63) is 45.9 Å². The van der Waals surface area contributed by atoms with E-state index in [0.29, 0.717) is 6.42 Å². The third-order valence-electron chi connectivity index (χ3n) is 2.86. The first-order valence-corrected chi connectivity index (χ1v) is 5.42. The molecule has 0 aliphatic heterocycles. The SMILES string of the molecule is [O]C1Cc2ccc(Br)c3cccc1c23. The first kappa shape index (κ1) is 8.45. The molecular weight excluding hydrogens is 240 g/mol. The molecule has 2 aromatic carbocycles. The maximum atomic E-state index is 11.7. The molecule has 14 heavy (non-hydrogen) atoms. The number of hydrogen-bond donors (Lipinski definition) is 0. The van der Waals surface area contributed by atoms with E-state index in [9.17, 15) is 5.11 Å². The molecule has 1 unspecified atom stereocenters. The Kier molecular flexibility index (Phi) is 1.70. The Morgan fingerprint density at radius 2 is 2.07 bits per heavy atom. The molecule has 1 atom stereocenters.